The van der Waals surface area contributed by atoms with Gasteiger partial charge in [-0.05, 0) is 12.5 Å². The Labute approximate surface area is 110 Å². The van der Waals surface area contributed by atoms with Crippen molar-refractivity contribution in [1.29, 1.82) is 0 Å². The third-order valence-electron chi connectivity index (χ3n) is 2.35. The maximum absolute atomic E-state index is 6.10. The first-order chi connectivity index (χ1) is 8.11. The molecule has 0 unspecified atom stereocenters. The maximum atomic E-state index is 6.10. The molecule has 2 heterocycles. The van der Waals surface area contributed by atoms with Gasteiger partial charge in [-0.2, -0.15) is 5.10 Å². The van der Waals surface area contributed by atoms with Crippen LogP contribution in [0.5, 0.6) is 0 Å². The molecule has 0 aromatic carbocycles. The van der Waals surface area contributed by atoms with Crippen LogP contribution in [0.25, 0.3) is 11.5 Å². The highest BCUT2D eigenvalue weighted by Gasteiger charge is 2.13. The van der Waals surface area contributed by atoms with Crippen LogP contribution < -0.4 is 0 Å². The van der Waals surface area contributed by atoms with Crippen LogP contribution >= 0.6 is 23.2 Å². The highest BCUT2D eigenvalue weighted by molar-refractivity contribution is 6.34. The zero-order valence-corrected chi connectivity index (χ0v) is 11.1. The molecule has 0 amide bonds. The zero-order valence-electron chi connectivity index (χ0n) is 9.61. The van der Waals surface area contributed by atoms with Gasteiger partial charge < -0.3 is 0 Å². The monoisotopic (exact) mass is 270 g/mol. The molecule has 2 aromatic rings. The van der Waals surface area contributed by atoms with Gasteiger partial charge in [0.05, 0.1) is 0 Å². The number of nitrogens with zero attached hydrogens (tertiary/aromatic N) is 4. The molecule has 0 aliphatic heterocycles. The van der Waals surface area contributed by atoms with E-state index in [4.69, 9.17) is 23.2 Å². The van der Waals surface area contributed by atoms with Gasteiger partial charge in [-0.1, -0.05) is 36.5 Å². The van der Waals surface area contributed by atoms with Gasteiger partial charge in [0.1, 0.15) is 16.0 Å². The van der Waals surface area contributed by atoms with Crippen molar-refractivity contribution in [2.45, 2.75) is 19.8 Å². The van der Waals surface area contributed by atoms with E-state index < -0.39 is 0 Å². The number of halogens is 2. The molecule has 0 radical (unpaired) electrons. The second-order valence-corrected chi connectivity index (χ2v) is 4.45. The summed E-state index contributed by atoms with van der Waals surface area (Å²) in [5.41, 5.74) is 1.47. The van der Waals surface area contributed by atoms with Gasteiger partial charge in [-0.15, -0.1) is 0 Å². The van der Waals surface area contributed by atoms with Gasteiger partial charge in [0.15, 0.2) is 5.82 Å². The largest absolute Gasteiger partial charge is 0.275 e. The van der Waals surface area contributed by atoms with E-state index >= 15 is 0 Å². The Morgan fingerprint density at radius 1 is 1.24 bits per heavy atom. The Morgan fingerprint density at radius 2 is 1.88 bits per heavy atom. The first-order valence-corrected chi connectivity index (χ1v) is 6.09. The molecule has 2 rings (SSSR count). The van der Waals surface area contributed by atoms with Crippen molar-refractivity contribution >= 4 is 23.2 Å². The fourth-order valence-corrected chi connectivity index (χ4v) is 2.11. The molecule has 0 aliphatic carbocycles. The number of aromatic nitrogens is 4. The Hall–Kier alpha value is -1.13. The van der Waals surface area contributed by atoms with E-state index in [2.05, 4.69) is 22.0 Å². The average Bonchev–Trinajstić information content (AvgIpc) is 2.70. The van der Waals surface area contributed by atoms with Crippen LogP contribution in [0, 0.1) is 0 Å². The van der Waals surface area contributed by atoms with Crippen molar-refractivity contribution < 1.29 is 0 Å². The quantitative estimate of drug-likeness (QED) is 0.805. The number of rotatable bonds is 3. The molecule has 90 valence electrons. The Morgan fingerprint density at radius 3 is 2.35 bits per heavy atom. The molecule has 4 nitrogen and oxygen atoms in total. The van der Waals surface area contributed by atoms with Gasteiger partial charge in [0.25, 0.3) is 0 Å². The van der Waals surface area contributed by atoms with E-state index in [1.165, 1.54) is 0 Å². The predicted octanol–water partition coefficient (Wildman–Crippen LogP) is 3.14. The molecule has 6 heteroatoms. The van der Waals surface area contributed by atoms with Crippen LogP contribution in [0.3, 0.4) is 0 Å². The third kappa shape index (κ3) is 2.58. The lowest BCUT2D eigenvalue weighted by molar-refractivity contribution is 0.768. The minimum absolute atomic E-state index is 0.410. The molecular weight excluding hydrogens is 259 g/mol. The van der Waals surface area contributed by atoms with Gasteiger partial charge in [-0.25, -0.2) is 9.97 Å². The molecule has 0 saturated carbocycles. The summed E-state index contributed by atoms with van der Waals surface area (Å²) >= 11 is 12.2. The summed E-state index contributed by atoms with van der Waals surface area (Å²) in [4.78, 5) is 8.46. The summed E-state index contributed by atoms with van der Waals surface area (Å²) in [7, 11) is 1.83. The number of hydrogen-bond donors (Lipinski definition) is 0. The molecule has 17 heavy (non-hydrogen) atoms. The van der Waals surface area contributed by atoms with E-state index in [1.54, 1.807) is 4.68 Å². The molecule has 0 saturated heterocycles. The van der Waals surface area contributed by atoms with Gasteiger partial charge in [-0.3, -0.25) is 4.68 Å². The topological polar surface area (TPSA) is 43.6 Å². The Balaban J connectivity index is 2.45. The van der Waals surface area contributed by atoms with Gasteiger partial charge in [0, 0.05) is 18.8 Å². The normalized spacial score (nSPS) is 10.8. The number of aryl methyl sites for hydroxylation is 1. The van der Waals surface area contributed by atoms with E-state index in [9.17, 15) is 0 Å². The molecular formula is C11H12Cl2N4. The molecule has 0 atom stereocenters. The van der Waals surface area contributed by atoms with Crippen molar-refractivity contribution in [3.63, 3.8) is 0 Å². The highest BCUT2D eigenvalue weighted by atomic mass is 35.5. The predicted molar refractivity (Wildman–Crippen MR) is 68.2 cm³/mol. The molecule has 0 fully saturated rings. The van der Waals surface area contributed by atoms with Crippen LogP contribution in [0.15, 0.2) is 12.3 Å². The highest BCUT2D eigenvalue weighted by Crippen LogP contribution is 2.25. The molecule has 2 aromatic heterocycles. The van der Waals surface area contributed by atoms with Crippen LogP contribution in [-0.4, -0.2) is 19.7 Å². The molecule has 0 aliphatic rings. The van der Waals surface area contributed by atoms with Crippen LogP contribution in [0.4, 0.5) is 0 Å². The van der Waals surface area contributed by atoms with E-state index in [1.807, 2.05) is 19.3 Å². The van der Waals surface area contributed by atoms with Crippen LogP contribution in [0.1, 0.15) is 18.9 Å². The summed E-state index contributed by atoms with van der Waals surface area (Å²) in [6.45, 7) is 2.05. The maximum Gasteiger partial charge on any atom is 0.182 e. The van der Waals surface area contributed by atoms with E-state index in [0.717, 1.165) is 18.4 Å². The van der Waals surface area contributed by atoms with Crippen molar-refractivity contribution in [2.24, 2.45) is 7.05 Å². The molecule has 0 N–H and O–H groups in total. The lowest BCUT2D eigenvalue weighted by atomic mass is 10.2. The summed E-state index contributed by atoms with van der Waals surface area (Å²) < 4.78 is 1.68. The minimum atomic E-state index is 0.410. The number of hydrogen-bond acceptors (Lipinski definition) is 3. The zero-order chi connectivity index (χ0) is 12.4. The lowest BCUT2D eigenvalue weighted by Gasteiger charge is -2.05. The van der Waals surface area contributed by atoms with Gasteiger partial charge >= 0.3 is 0 Å². The van der Waals surface area contributed by atoms with Crippen LogP contribution in [-0.2, 0) is 13.5 Å². The first-order valence-electron chi connectivity index (χ1n) is 5.33. The second-order valence-electron chi connectivity index (χ2n) is 3.73. The van der Waals surface area contributed by atoms with Crippen molar-refractivity contribution in [1.82, 2.24) is 19.7 Å². The van der Waals surface area contributed by atoms with Crippen LogP contribution in [0.2, 0.25) is 10.3 Å². The minimum Gasteiger partial charge on any atom is -0.275 e. The summed E-state index contributed by atoms with van der Waals surface area (Å²) in [5.74, 6) is 0.459. The van der Waals surface area contributed by atoms with E-state index in [0.29, 0.717) is 21.8 Å². The standard InChI is InChI=1S/C11H12Cl2N4/c1-3-4-7-9(12)14-11(15-10(7)13)8-5-6-17(2)16-8/h5-6H,3-4H2,1-2H3. The van der Waals surface area contributed by atoms with Crippen molar-refractivity contribution in [2.75, 3.05) is 0 Å². The first kappa shape index (κ1) is 12.3. The molecule has 0 bridgehead atoms. The SMILES string of the molecule is CCCc1c(Cl)nc(-c2ccn(C)n2)nc1Cl. The Bertz CT molecular complexity index is 513. The smallest absolute Gasteiger partial charge is 0.182 e. The van der Waals surface area contributed by atoms with E-state index in [-0.39, 0.29) is 0 Å². The summed E-state index contributed by atoms with van der Waals surface area (Å²) in [5, 5.41) is 5.03. The summed E-state index contributed by atoms with van der Waals surface area (Å²) in [6, 6.07) is 1.82. The Kier molecular flexibility index (Phi) is 3.64. The lowest BCUT2D eigenvalue weighted by Crippen LogP contribution is -1.98. The van der Waals surface area contributed by atoms with Crippen molar-refractivity contribution in [3.05, 3.63) is 28.1 Å². The summed E-state index contributed by atoms with van der Waals surface area (Å²) in [6.07, 6.45) is 3.55. The third-order valence-corrected chi connectivity index (χ3v) is 2.97. The fourth-order valence-electron chi connectivity index (χ4n) is 1.54. The average molecular weight is 271 g/mol. The molecule has 0 spiro atoms. The van der Waals surface area contributed by atoms with Gasteiger partial charge in [0.2, 0.25) is 0 Å². The second kappa shape index (κ2) is 5.02. The van der Waals surface area contributed by atoms with Crippen molar-refractivity contribution in [3.8, 4) is 11.5 Å². The fraction of sp³-hybridized carbons (Fsp3) is 0.364.